The van der Waals surface area contributed by atoms with Crippen molar-refractivity contribution in [3.05, 3.63) is 101 Å². The highest BCUT2D eigenvalue weighted by molar-refractivity contribution is 7.99. The molecule has 1 aliphatic rings. The van der Waals surface area contributed by atoms with Gasteiger partial charge in [-0.1, -0.05) is 79.5 Å². The lowest BCUT2D eigenvalue weighted by atomic mass is 9.83. The Morgan fingerprint density at radius 2 is 1.77 bits per heavy atom. The maximum atomic E-state index is 13.7. The monoisotopic (exact) mass is 623 g/mol. The predicted octanol–water partition coefficient (Wildman–Crippen LogP) is 6.19. The van der Waals surface area contributed by atoms with Crippen LogP contribution in [0.25, 0.3) is 0 Å². The smallest absolute Gasteiger partial charge is 0.407 e. The zero-order valence-electron chi connectivity index (χ0n) is 24.9. The van der Waals surface area contributed by atoms with E-state index in [9.17, 15) is 9.59 Å². The van der Waals surface area contributed by atoms with Crippen molar-refractivity contribution < 1.29 is 19.1 Å². The quantitative estimate of drug-likeness (QED) is 0.147. The molecule has 9 heteroatoms. The number of carbonyl (C=O) groups is 2. The molecule has 4 atom stereocenters. The third kappa shape index (κ3) is 10.3. The van der Waals surface area contributed by atoms with Crippen LogP contribution in [-0.2, 0) is 20.7 Å². The van der Waals surface area contributed by atoms with E-state index >= 15 is 0 Å². The summed E-state index contributed by atoms with van der Waals surface area (Å²) in [5.74, 6) is 0.213. The first kappa shape index (κ1) is 32.9. The van der Waals surface area contributed by atoms with Crippen LogP contribution in [0.2, 0.25) is 5.02 Å². The number of morpholine rings is 1. The zero-order chi connectivity index (χ0) is 30.4. The number of amides is 2. The normalized spacial score (nSPS) is 17.9. The van der Waals surface area contributed by atoms with Crippen LogP contribution >= 0.6 is 23.4 Å². The van der Waals surface area contributed by atoms with Gasteiger partial charge in [-0.25, -0.2) is 4.79 Å². The van der Waals surface area contributed by atoms with E-state index in [2.05, 4.69) is 35.0 Å². The first-order valence-corrected chi connectivity index (χ1v) is 16.3. The summed E-state index contributed by atoms with van der Waals surface area (Å²) in [6.45, 7) is 4.22. The summed E-state index contributed by atoms with van der Waals surface area (Å²) in [5.41, 5.74) is 3.11. The van der Waals surface area contributed by atoms with Gasteiger partial charge < -0.3 is 25.4 Å². The summed E-state index contributed by atoms with van der Waals surface area (Å²) < 4.78 is 11.3. The number of hydrogen-bond acceptors (Lipinski definition) is 6. The second kappa shape index (κ2) is 17.3. The van der Waals surface area contributed by atoms with Gasteiger partial charge in [0.1, 0.15) is 6.04 Å². The van der Waals surface area contributed by atoms with Crippen LogP contribution in [0.1, 0.15) is 48.8 Å². The number of hydrogen-bond donors (Lipinski definition) is 3. The van der Waals surface area contributed by atoms with Gasteiger partial charge in [-0.15, -0.1) is 11.8 Å². The lowest BCUT2D eigenvalue weighted by Crippen LogP contribution is -2.50. The van der Waals surface area contributed by atoms with Crippen molar-refractivity contribution in [3.8, 4) is 0 Å². The Morgan fingerprint density at radius 3 is 2.51 bits per heavy atom. The first-order chi connectivity index (χ1) is 21.0. The minimum atomic E-state index is -0.853. The van der Waals surface area contributed by atoms with Crippen molar-refractivity contribution in [2.75, 3.05) is 32.5 Å². The van der Waals surface area contributed by atoms with E-state index in [0.29, 0.717) is 6.54 Å². The molecule has 7 nitrogen and oxygen atoms in total. The van der Waals surface area contributed by atoms with Crippen LogP contribution in [0, 0.1) is 0 Å². The molecular weight excluding hydrogens is 582 g/mol. The molecule has 4 rings (SSSR count). The average Bonchev–Trinajstić information content (AvgIpc) is 3.03. The van der Waals surface area contributed by atoms with E-state index in [-0.39, 0.29) is 24.0 Å². The summed E-state index contributed by atoms with van der Waals surface area (Å²) in [4.78, 5) is 27.3. The van der Waals surface area contributed by atoms with Crippen molar-refractivity contribution in [1.29, 1.82) is 0 Å². The van der Waals surface area contributed by atoms with Crippen LogP contribution in [-0.4, -0.2) is 62.7 Å². The van der Waals surface area contributed by atoms with E-state index in [0.717, 1.165) is 60.7 Å². The summed E-state index contributed by atoms with van der Waals surface area (Å²) in [7, 11) is 1.31. The fraction of sp³-hybridized carbons (Fsp3) is 0.412. The first-order valence-electron chi connectivity index (χ1n) is 15.0. The number of benzene rings is 3. The molecule has 1 aliphatic heterocycles. The Balaban J connectivity index is 1.36. The highest BCUT2D eigenvalue weighted by Gasteiger charge is 2.33. The molecule has 1 fully saturated rings. The van der Waals surface area contributed by atoms with E-state index in [1.165, 1.54) is 17.6 Å². The van der Waals surface area contributed by atoms with Gasteiger partial charge in [0.05, 0.1) is 19.3 Å². The van der Waals surface area contributed by atoms with Gasteiger partial charge in [0, 0.05) is 41.2 Å². The lowest BCUT2D eigenvalue weighted by molar-refractivity contribution is -0.123. The lowest BCUT2D eigenvalue weighted by Gasteiger charge is -2.31. The molecule has 43 heavy (non-hydrogen) atoms. The number of aryl methyl sites for hydroxylation is 1. The van der Waals surface area contributed by atoms with Crippen LogP contribution in [0.5, 0.6) is 0 Å². The molecule has 0 aliphatic carbocycles. The van der Waals surface area contributed by atoms with Crippen molar-refractivity contribution in [1.82, 2.24) is 16.0 Å². The second-order valence-electron chi connectivity index (χ2n) is 10.7. The highest BCUT2D eigenvalue weighted by atomic mass is 35.5. The van der Waals surface area contributed by atoms with Gasteiger partial charge in [-0.2, -0.15) is 0 Å². The fourth-order valence-electron chi connectivity index (χ4n) is 5.37. The van der Waals surface area contributed by atoms with Gasteiger partial charge in [0.2, 0.25) is 5.91 Å². The largest absolute Gasteiger partial charge is 0.453 e. The number of alkyl carbamates (subject to hydrolysis) is 1. The number of halogens is 1. The zero-order valence-corrected chi connectivity index (χ0v) is 26.5. The van der Waals surface area contributed by atoms with Crippen molar-refractivity contribution in [2.24, 2.45) is 0 Å². The van der Waals surface area contributed by atoms with E-state index < -0.39 is 12.1 Å². The van der Waals surface area contributed by atoms with Gasteiger partial charge >= 0.3 is 6.09 Å². The Kier molecular flexibility index (Phi) is 13.2. The SMILES string of the molecule is CCCc1cccc(C(c2ccccc2)C(NC(=O)OC)C(=O)NCCCC2CNCC(CSc3ccc(Cl)cc3)O2)c1. The molecule has 0 radical (unpaired) electrons. The molecule has 1 heterocycles. The molecule has 2 amide bonds. The molecule has 230 valence electrons. The number of rotatable bonds is 14. The Labute approximate surface area is 264 Å². The van der Waals surface area contributed by atoms with E-state index in [1.54, 1.807) is 11.8 Å². The summed E-state index contributed by atoms with van der Waals surface area (Å²) in [5, 5.41) is 10.1. The van der Waals surface area contributed by atoms with Gasteiger partial charge in [-0.3, -0.25) is 4.79 Å². The van der Waals surface area contributed by atoms with E-state index in [1.807, 2.05) is 66.7 Å². The summed E-state index contributed by atoms with van der Waals surface area (Å²) in [6, 6.07) is 25.1. The van der Waals surface area contributed by atoms with Gasteiger partial charge in [0.25, 0.3) is 0 Å². The Bertz CT molecular complexity index is 1290. The van der Waals surface area contributed by atoms with Gasteiger partial charge in [-0.05, 0) is 60.2 Å². The standard InChI is InChI=1S/C34H42ClN3O4S/c1-3-9-24-10-7-13-26(20-24)31(25-11-5-4-6-12-25)32(38-34(40)41-2)33(39)37-19-8-14-28-21-36-22-29(42-28)23-43-30-17-15-27(35)16-18-30/h4-7,10-13,15-18,20,28-29,31-32,36H,3,8-9,14,19,21-23H2,1-2H3,(H,37,39)(H,38,40). The van der Waals surface area contributed by atoms with E-state index in [4.69, 9.17) is 21.1 Å². The predicted molar refractivity (Wildman–Crippen MR) is 174 cm³/mol. The second-order valence-corrected chi connectivity index (χ2v) is 12.3. The van der Waals surface area contributed by atoms with Crippen molar-refractivity contribution >= 4 is 35.4 Å². The topological polar surface area (TPSA) is 88.7 Å². The number of carbonyl (C=O) groups excluding carboxylic acids is 2. The molecule has 3 N–H and O–H groups in total. The van der Waals surface area contributed by atoms with Crippen LogP contribution in [0.15, 0.2) is 83.8 Å². The van der Waals surface area contributed by atoms with Crippen LogP contribution in [0.4, 0.5) is 4.79 Å². The fourth-order valence-corrected chi connectivity index (χ4v) is 6.40. The van der Waals surface area contributed by atoms with Crippen molar-refractivity contribution in [3.63, 3.8) is 0 Å². The molecule has 0 spiro atoms. The summed E-state index contributed by atoms with van der Waals surface area (Å²) >= 11 is 7.76. The van der Waals surface area contributed by atoms with Crippen LogP contribution < -0.4 is 16.0 Å². The number of thioether (sulfide) groups is 1. The van der Waals surface area contributed by atoms with Gasteiger partial charge in [0.15, 0.2) is 0 Å². The molecule has 1 saturated heterocycles. The molecule has 3 aromatic carbocycles. The molecule has 4 unspecified atom stereocenters. The minimum absolute atomic E-state index is 0.0730. The Morgan fingerprint density at radius 1 is 1.02 bits per heavy atom. The van der Waals surface area contributed by atoms with Crippen molar-refractivity contribution in [2.45, 2.75) is 61.7 Å². The molecule has 0 aromatic heterocycles. The average molecular weight is 624 g/mol. The third-order valence-corrected chi connectivity index (χ3v) is 8.86. The number of ether oxygens (including phenoxy) is 2. The number of methoxy groups -OCH3 is 1. The molecule has 0 bridgehead atoms. The molecular formula is C34H42ClN3O4S. The third-order valence-electron chi connectivity index (χ3n) is 7.46. The molecule has 0 saturated carbocycles. The summed E-state index contributed by atoms with van der Waals surface area (Å²) in [6.07, 6.45) is 3.06. The Hall–Kier alpha value is -3.04. The molecule has 3 aromatic rings. The van der Waals surface area contributed by atoms with Crippen LogP contribution in [0.3, 0.4) is 0 Å². The highest BCUT2D eigenvalue weighted by Crippen LogP contribution is 2.30. The number of nitrogens with one attached hydrogen (secondary N) is 3. The maximum absolute atomic E-state index is 13.7. The minimum Gasteiger partial charge on any atom is -0.453 e. The maximum Gasteiger partial charge on any atom is 0.407 e.